The lowest BCUT2D eigenvalue weighted by atomic mass is 10.1. The lowest BCUT2D eigenvalue weighted by molar-refractivity contribution is -0.136. The third-order valence-corrected chi connectivity index (χ3v) is 4.47. The van der Waals surface area contributed by atoms with E-state index < -0.39 is 6.04 Å². The molecule has 3 rings (SSSR count). The molecule has 2 amide bonds. The van der Waals surface area contributed by atoms with Crippen LogP contribution < -0.4 is 5.32 Å². The van der Waals surface area contributed by atoms with Gasteiger partial charge in [-0.1, -0.05) is 12.1 Å². The third-order valence-electron chi connectivity index (χ3n) is 3.78. The van der Waals surface area contributed by atoms with Crippen molar-refractivity contribution in [3.05, 3.63) is 47.2 Å². The molecule has 1 aliphatic rings. The van der Waals surface area contributed by atoms with Crippen molar-refractivity contribution in [3.63, 3.8) is 0 Å². The van der Waals surface area contributed by atoms with Crippen LogP contribution in [0.5, 0.6) is 0 Å². The lowest BCUT2D eigenvalue weighted by Gasteiger charge is -2.23. The molecule has 1 unspecified atom stereocenters. The van der Waals surface area contributed by atoms with Crippen molar-refractivity contribution in [1.29, 1.82) is 0 Å². The van der Waals surface area contributed by atoms with Crippen LogP contribution in [0.25, 0.3) is 0 Å². The Balaban J connectivity index is 1.66. The molecule has 0 bridgehead atoms. The fourth-order valence-electron chi connectivity index (χ4n) is 2.73. The van der Waals surface area contributed by atoms with Crippen LogP contribution in [-0.2, 0) is 16.0 Å². The minimum atomic E-state index is -0.486. The third kappa shape index (κ3) is 3.73. The van der Waals surface area contributed by atoms with Gasteiger partial charge in [0, 0.05) is 18.1 Å². The highest BCUT2D eigenvalue weighted by molar-refractivity contribution is 7.13. The maximum Gasteiger partial charge on any atom is 0.248 e. The van der Waals surface area contributed by atoms with Crippen molar-refractivity contribution in [1.82, 2.24) is 9.88 Å². The van der Waals surface area contributed by atoms with Crippen LogP contribution in [0, 0.1) is 5.82 Å². The number of nitrogens with zero attached hydrogens (tertiary/aromatic N) is 2. The van der Waals surface area contributed by atoms with E-state index >= 15 is 0 Å². The topological polar surface area (TPSA) is 62.3 Å². The minimum absolute atomic E-state index is 0.0960. The van der Waals surface area contributed by atoms with Gasteiger partial charge in [-0.3, -0.25) is 9.59 Å². The Morgan fingerprint density at radius 3 is 3.04 bits per heavy atom. The number of nitrogens with one attached hydrogen (secondary N) is 1. The number of carbonyl (C=O) groups excluding carboxylic acids is 2. The quantitative estimate of drug-likeness (QED) is 0.935. The Labute approximate surface area is 137 Å². The van der Waals surface area contributed by atoms with Gasteiger partial charge in [0.1, 0.15) is 11.9 Å². The first kappa shape index (κ1) is 15.6. The number of halogens is 1. The molecule has 7 heteroatoms. The number of carbonyl (C=O) groups is 2. The van der Waals surface area contributed by atoms with Crippen LogP contribution in [0.1, 0.15) is 18.4 Å². The largest absolute Gasteiger partial charge is 0.330 e. The van der Waals surface area contributed by atoms with Gasteiger partial charge in [-0.05, 0) is 30.5 Å². The molecular formula is C16H16FN3O2S. The first-order valence-corrected chi connectivity index (χ1v) is 8.26. The van der Waals surface area contributed by atoms with Crippen molar-refractivity contribution in [3.8, 4) is 0 Å². The highest BCUT2D eigenvalue weighted by atomic mass is 32.1. The first-order chi connectivity index (χ1) is 11.1. The second-order valence-electron chi connectivity index (χ2n) is 5.38. The molecule has 2 aromatic rings. The van der Waals surface area contributed by atoms with Gasteiger partial charge in [0.25, 0.3) is 0 Å². The summed E-state index contributed by atoms with van der Waals surface area (Å²) >= 11 is 1.34. The zero-order valence-electron chi connectivity index (χ0n) is 12.4. The monoisotopic (exact) mass is 333 g/mol. The molecule has 0 radical (unpaired) electrons. The van der Waals surface area contributed by atoms with E-state index in [2.05, 4.69) is 10.3 Å². The van der Waals surface area contributed by atoms with Crippen LogP contribution in [0.3, 0.4) is 0 Å². The summed E-state index contributed by atoms with van der Waals surface area (Å²) in [6, 6.07) is 5.49. The molecule has 120 valence electrons. The Hall–Kier alpha value is -2.28. The average molecular weight is 333 g/mol. The molecule has 0 aliphatic carbocycles. The number of rotatable bonds is 4. The summed E-state index contributed by atoms with van der Waals surface area (Å²) < 4.78 is 13.2. The van der Waals surface area contributed by atoms with Crippen molar-refractivity contribution in [2.75, 3.05) is 11.9 Å². The molecule has 1 N–H and O–H groups in total. The highest BCUT2D eigenvalue weighted by Gasteiger charge is 2.34. The number of benzene rings is 1. The van der Waals surface area contributed by atoms with Crippen LogP contribution in [0.2, 0.25) is 0 Å². The van der Waals surface area contributed by atoms with E-state index in [0.29, 0.717) is 23.7 Å². The summed E-state index contributed by atoms with van der Waals surface area (Å²) in [6.45, 7) is 0.546. The Morgan fingerprint density at radius 2 is 2.30 bits per heavy atom. The number of hydrogen-bond acceptors (Lipinski definition) is 4. The Kier molecular flexibility index (Phi) is 4.66. The second kappa shape index (κ2) is 6.87. The molecule has 5 nitrogen and oxygen atoms in total. The molecule has 1 aliphatic heterocycles. The predicted octanol–water partition coefficient (Wildman–Crippen LogP) is 2.45. The van der Waals surface area contributed by atoms with E-state index in [9.17, 15) is 14.0 Å². The minimum Gasteiger partial charge on any atom is -0.330 e. The zero-order valence-corrected chi connectivity index (χ0v) is 13.2. The zero-order chi connectivity index (χ0) is 16.2. The van der Waals surface area contributed by atoms with Gasteiger partial charge in [-0.15, -0.1) is 11.3 Å². The van der Waals surface area contributed by atoms with Crippen molar-refractivity contribution in [2.24, 2.45) is 0 Å². The van der Waals surface area contributed by atoms with E-state index in [1.165, 1.54) is 23.5 Å². The maximum atomic E-state index is 13.2. The van der Waals surface area contributed by atoms with E-state index in [4.69, 9.17) is 0 Å². The van der Waals surface area contributed by atoms with Crippen LogP contribution in [0.4, 0.5) is 9.52 Å². The SMILES string of the molecule is O=C(Nc1nccs1)C1CCCN1C(=O)Cc1cccc(F)c1. The van der Waals surface area contributed by atoms with Crippen molar-refractivity contribution >= 4 is 28.3 Å². The first-order valence-electron chi connectivity index (χ1n) is 7.38. The number of amides is 2. The van der Waals surface area contributed by atoms with E-state index in [1.54, 1.807) is 28.6 Å². The van der Waals surface area contributed by atoms with Crippen molar-refractivity contribution < 1.29 is 14.0 Å². The van der Waals surface area contributed by atoms with E-state index in [-0.39, 0.29) is 24.1 Å². The van der Waals surface area contributed by atoms with Crippen molar-refractivity contribution in [2.45, 2.75) is 25.3 Å². The maximum absolute atomic E-state index is 13.2. The fourth-order valence-corrected chi connectivity index (χ4v) is 3.27. The standard InChI is InChI=1S/C16H16FN3O2S/c17-12-4-1-3-11(9-12)10-14(21)20-7-2-5-13(20)15(22)19-16-18-6-8-23-16/h1,3-4,6,8-9,13H,2,5,7,10H2,(H,18,19,22). The van der Waals surface area contributed by atoms with E-state index in [0.717, 1.165) is 6.42 Å². The molecule has 2 heterocycles. The Morgan fingerprint density at radius 1 is 1.43 bits per heavy atom. The molecule has 1 aromatic carbocycles. The lowest BCUT2D eigenvalue weighted by Crippen LogP contribution is -2.43. The summed E-state index contributed by atoms with van der Waals surface area (Å²) in [6.07, 6.45) is 3.12. The van der Waals surface area contributed by atoms with Crippen LogP contribution >= 0.6 is 11.3 Å². The van der Waals surface area contributed by atoms with E-state index in [1.807, 2.05) is 0 Å². The predicted molar refractivity (Wildman–Crippen MR) is 85.6 cm³/mol. The number of hydrogen-bond donors (Lipinski definition) is 1. The van der Waals surface area contributed by atoms with Gasteiger partial charge in [0.05, 0.1) is 6.42 Å². The highest BCUT2D eigenvalue weighted by Crippen LogP contribution is 2.21. The fraction of sp³-hybridized carbons (Fsp3) is 0.312. The number of aromatic nitrogens is 1. The normalized spacial score (nSPS) is 17.3. The molecule has 1 atom stereocenters. The molecule has 1 fully saturated rings. The number of likely N-dealkylation sites (tertiary alicyclic amines) is 1. The molecular weight excluding hydrogens is 317 g/mol. The molecule has 1 saturated heterocycles. The van der Waals surface area contributed by atoms with Crippen LogP contribution in [-0.4, -0.2) is 34.3 Å². The molecule has 0 spiro atoms. The van der Waals surface area contributed by atoms with Gasteiger partial charge in [-0.25, -0.2) is 9.37 Å². The summed E-state index contributed by atoms with van der Waals surface area (Å²) in [5.74, 6) is -0.743. The average Bonchev–Trinajstić information content (AvgIpc) is 3.18. The summed E-state index contributed by atoms with van der Waals surface area (Å²) in [5, 5.41) is 5.04. The van der Waals surface area contributed by atoms with Gasteiger partial charge >= 0.3 is 0 Å². The second-order valence-corrected chi connectivity index (χ2v) is 6.27. The number of anilines is 1. The van der Waals surface area contributed by atoms with Gasteiger partial charge in [0.15, 0.2) is 5.13 Å². The molecule has 23 heavy (non-hydrogen) atoms. The molecule has 1 aromatic heterocycles. The van der Waals surface area contributed by atoms with Gasteiger partial charge < -0.3 is 10.2 Å². The Bertz CT molecular complexity index is 705. The summed E-state index contributed by atoms with van der Waals surface area (Å²) in [4.78, 5) is 30.4. The van der Waals surface area contributed by atoms with Crippen LogP contribution in [0.15, 0.2) is 35.8 Å². The smallest absolute Gasteiger partial charge is 0.248 e. The van der Waals surface area contributed by atoms with Gasteiger partial charge in [-0.2, -0.15) is 0 Å². The summed E-state index contributed by atoms with van der Waals surface area (Å²) in [5.41, 5.74) is 0.612. The molecule has 0 saturated carbocycles. The number of thiazole rings is 1. The summed E-state index contributed by atoms with van der Waals surface area (Å²) in [7, 11) is 0. The van der Waals surface area contributed by atoms with Gasteiger partial charge in [0.2, 0.25) is 11.8 Å².